The predicted octanol–water partition coefficient (Wildman–Crippen LogP) is 1.21. The van der Waals surface area contributed by atoms with Crippen molar-refractivity contribution in [2.75, 3.05) is 13.1 Å². The van der Waals surface area contributed by atoms with E-state index in [4.69, 9.17) is 5.73 Å². The molecule has 1 heterocycles. The van der Waals surface area contributed by atoms with E-state index in [0.717, 1.165) is 13.0 Å². The zero-order valence-corrected chi connectivity index (χ0v) is 7.68. The second kappa shape index (κ2) is 3.17. The van der Waals surface area contributed by atoms with Crippen LogP contribution in [0.1, 0.15) is 25.7 Å². The Balaban J connectivity index is 2.00. The minimum absolute atomic E-state index is 0.0589. The fourth-order valence-corrected chi connectivity index (χ4v) is 2.46. The summed E-state index contributed by atoms with van der Waals surface area (Å²) in [5.41, 5.74) is 5.69. The van der Waals surface area contributed by atoms with Crippen LogP contribution in [-0.2, 0) is 0 Å². The van der Waals surface area contributed by atoms with Gasteiger partial charge in [0.1, 0.15) is 0 Å². The average molecular weight is 190 g/mol. The summed E-state index contributed by atoms with van der Waals surface area (Å²) in [7, 11) is 0. The first-order valence-electron chi connectivity index (χ1n) is 4.97. The van der Waals surface area contributed by atoms with Gasteiger partial charge in [-0.2, -0.15) is 0 Å². The molecule has 0 radical (unpaired) electrons. The lowest BCUT2D eigenvalue weighted by Crippen LogP contribution is -2.43. The standard InChI is InChI=1S/C9H16F2N2/c10-9(11)4-1-2-8(9)13-5-3-7(12)6-13/h7-8H,1-6,12H2. The quantitative estimate of drug-likeness (QED) is 0.673. The van der Waals surface area contributed by atoms with E-state index >= 15 is 0 Å². The smallest absolute Gasteiger partial charge is 0.263 e. The summed E-state index contributed by atoms with van der Waals surface area (Å²) < 4.78 is 26.6. The van der Waals surface area contributed by atoms with Crippen molar-refractivity contribution in [1.29, 1.82) is 0 Å². The molecule has 13 heavy (non-hydrogen) atoms. The van der Waals surface area contributed by atoms with Gasteiger partial charge in [0.25, 0.3) is 5.92 Å². The molecule has 2 atom stereocenters. The number of hydrogen-bond donors (Lipinski definition) is 1. The summed E-state index contributed by atoms with van der Waals surface area (Å²) in [4.78, 5) is 1.87. The van der Waals surface area contributed by atoms with Crippen molar-refractivity contribution in [2.24, 2.45) is 5.73 Å². The fraction of sp³-hybridized carbons (Fsp3) is 1.00. The van der Waals surface area contributed by atoms with E-state index in [1.54, 1.807) is 0 Å². The number of halogens is 2. The Morgan fingerprint density at radius 2 is 2.08 bits per heavy atom. The van der Waals surface area contributed by atoms with Crippen LogP contribution in [0.2, 0.25) is 0 Å². The largest absolute Gasteiger partial charge is 0.326 e. The zero-order chi connectivity index (χ0) is 9.47. The van der Waals surface area contributed by atoms with Gasteiger partial charge in [0, 0.05) is 25.6 Å². The van der Waals surface area contributed by atoms with Crippen LogP contribution < -0.4 is 5.73 Å². The molecule has 0 amide bonds. The van der Waals surface area contributed by atoms with E-state index in [9.17, 15) is 8.78 Å². The first-order chi connectivity index (χ1) is 6.09. The molecule has 2 N–H and O–H groups in total. The molecule has 0 aromatic rings. The first-order valence-corrected chi connectivity index (χ1v) is 4.97. The monoisotopic (exact) mass is 190 g/mol. The molecule has 0 spiro atoms. The van der Waals surface area contributed by atoms with Crippen molar-refractivity contribution in [3.8, 4) is 0 Å². The Morgan fingerprint density at radius 3 is 2.54 bits per heavy atom. The summed E-state index contributed by atoms with van der Waals surface area (Å²) in [6.45, 7) is 1.40. The molecular weight excluding hydrogens is 174 g/mol. The number of hydrogen-bond acceptors (Lipinski definition) is 2. The SMILES string of the molecule is NC1CCN(C2CCCC2(F)F)C1. The van der Waals surface area contributed by atoms with E-state index in [1.165, 1.54) is 0 Å². The second-order valence-electron chi connectivity index (χ2n) is 4.21. The Kier molecular flexibility index (Phi) is 2.28. The van der Waals surface area contributed by atoms with Gasteiger partial charge in [0.15, 0.2) is 0 Å². The maximum atomic E-state index is 13.3. The highest BCUT2D eigenvalue weighted by Gasteiger charge is 2.47. The fourth-order valence-electron chi connectivity index (χ4n) is 2.46. The van der Waals surface area contributed by atoms with Crippen LogP contribution in [0, 0.1) is 0 Å². The molecule has 2 fully saturated rings. The van der Waals surface area contributed by atoms with E-state index in [1.807, 2.05) is 4.90 Å². The van der Waals surface area contributed by atoms with Gasteiger partial charge in [-0.15, -0.1) is 0 Å². The third kappa shape index (κ3) is 1.70. The number of nitrogens with zero attached hydrogens (tertiary/aromatic N) is 1. The van der Waals surface area contributed by atoms with Gasteiger partial charge in [-0.1, -0.05) is 0 Å². The molecule has 2 nitrogen and oxygen atoms in total. The van der Waals surface area contributed by atoms with Crippen LogP contribution in [-0.4, -0.2) is 36.0 Å². The third-order valence-electron chi connectivity index (χ3n) is 3.17. The summed E-state index contributed by atoms with van der Waals surface area (Å²) in [6, 6.07) is -0.419. The maximum Gasteiger partial charge on any atom is 0.263 e. The minimum atomic E-state index is -2.47. The van der Waals surface area contributed by atoms with Crippen molar-refractivity contribution in [3.63, 3.8) is 0 Å². The lowest BCUT2D eigenvalue weighted by Gasteiger charge is -2.28. The lowest BCUT2D eigenvalue weighted by atomic mass is 10.2. The summed E-state index contributed by atoms with van der Waals surface area (Å²) >= 11 is 0. The topological polar surface area (TPSA) is 29.3 Å². The lowest BCUT2D eigenvalue weighted by molar-refractivity contribution is -0.0556. The van der Waals surface area contributed by atoms with Crippen molar-refractivity contribution in [3.05, 3.63) is 0 Å². The van der Waals surface area contributed by atoms with Crippen LogP contribution in [0.5, 0.6) is 0 Å². The summed E-state index contributed by atoms with van der Waals surface area (Å²) in [5.74, 6) is -2.47. The van der Waals surface area contributed by atoms with Gasteiger partial charge < -0.3 is 5.73 Å². The molecule has 0 bridgehead atoms. The van der Waals surface area contributed by atoms with Crippen LogP contribution in [0.25, 0.3) is 0 Å². The highest BCUT2D eigenvalue weighted by atomic mass is 19.3. The average Bonchev–Trinajstić information content (AvgIpc) is 2.56. The molecule has 76 valence electrons. The van der Waals surface area contributed by atoms with E-state index < -0.39 is 12.0 Å². The van der Waals surface area contributed by atoms with E-state index in [-0.39, 0.29) is 12.5 Å². The number of likely N-dealkylation sites (tertiary alicyclic amines) is 1. The van der Waals surface area contributed by atoms with Gasteiger partial charge in [0.05, 0.1) is 6.04 Å². The predicted molar refractivity (Wildman–Crippen MR) is 46.8 cm³/mol. The Bertz CT molecular complexity index is 196. The molecule has 1 saturated heterocycles. The molecule has 2 unspecified atom stereocenters. The maximum absolute atomic E-state index is 13.3. The molecule has 0 aromatic heterocycles. The van der Waals surface area contributed by atoms with Crippen molar-refractivity contribution < 1.29 is 8.78 Å². The van der Waals surface area contributed by atoms with Gasteiger partial charge in [-0.3, -0.25) is 4.90 Å². The van der Waals surface area contributed by atoms with Crippen molar-refractivity contribution in [2.45, 2.75) is 43.7 Å². The van der Waals surface area contributed by atoms with Crippen LogP contribution in [0.4, 0.5) is 8.78 Å². The number of alkyl halides is 2. The van der Waals surface area contributed by atoms with Gasteiger partial charge in [-0.05, 0) is 19.3 Å². The second-order valence-corrected chi connectivity index (χ2v) is 4.21. The third-order valence-corrected chi connectivity index (χ3v) is 3.17. The molecule has 0 aromatic carbocycles. The van der Waals surface area contributed by atoms with Crippen molar-refractivity contribution >= 4 is 0 Å². The zero-order valence-electron chi connectivity index (χ0n) is 7.68. The minimum Gasteiger partial charge on any atom is -0.326 e. The molecule has 4 heteroatoms. The summed E-state index contributed by atoms with van der Waals surface area (Å²) in [5, 5.41) is 0. The van der Waals surface area contributed by atoms with Gasteiger partial charge in [-0.25, -0.2) is 8.78 Å². The van der Waals surface area contributed by atoms with Crippen LogP contribution in [0.15, 0.2) is 0 Å². The number of nitrogens with two attached hydrogens (primary N) is 1. The summed E-state index contributed by atoms with van der Waals surface area (Å²) in [6.07, 6.45) is 2.22. The Labute approximate surface area is 77.1 Å². The molecule has 2 aliphatic rings. The van der Waals surface area contributed by atoms with Crippen LogP contribution in [0.3, 0.4) is 0 Å². The Morgan fingerprint density at radius 1 is 1.31 bits per heavy atom. The molecule has 1 aliphatic carbocycles. The van der Waals surface area contributed by atoms with E-state index in [2.05, 4.69) is 0 Å². The number of rotatable bonds is 1. The molecular formula is C9H16F2N2. The highest BCUT2D eigenvalue weighted by Crippen LogP contribution is 2.39. The Hall–Kier alpha value is -0.220. The van der Waals surface area contributed by atoms with Gasteiger partial charge >= 0.3 is 0 Å². The highest BCUT2D eigenvalue weighted by molar-refractivity contribution is 4.95. The molecule has 1 aliphatic heterocycles. The van der Waals surface area contributed by atoms with E-state index in [0.29, 0.717) is 19.4 Å². The normalized spacial score (nSPS) is 39.9. The van der Waals surface area contributed by atoms with Gasteiger partial charge in [0.2, 0.25) is 0 Å². The molecule has 2 rings (SSSR count). The van der Waals surface area contributed by atoms with Crippen LogP contribution >= 0.6 is 0 Å². The van der Waals surface area contributed by atoms with Crippen molar-refractivity contribution in [1.82, 2.24) is 4.90 Å². The first kappa shape index (κ1) is 9.34. The molecule has 1 saturated carbocycles.